The number of halogens is 2. The minimum atomic E-state index is -3.33. The van der Waals surface area contributed by atoms with Gasteiger partial charge in [0.1, 0.15) is 33.6 Å². The molecule has 2 aromatic heterocycles. The third kappa shape index (κ3) is 4.39. The summed E-state index contributed by atoms with van der Waals surface area (Å²) in [6, 6.07) is 2.31. The number of fused-ring (bicyclic) bond motifs is 1. The second-order valence-corrected chi connectivity index (χ2v) is 10.0. The number of sulfone groups is 1. The van der Waals surface area contributed by atoms with Gasteiger partial charge in [-0.05, 0) is 31.0 Å². The second kappa shape index (κ2) is 8.39. The minimum absolute atomic E-state index is 0.0336. The van der Waals surface area contributed by atoms with Crippen LogP contribution in [0.2, 0.25) is 0 Å². The Bertz CT molecular complexity index is 1280. The summed E-state index contributed by atoms with van der Waals surface area (Å²) in [6.45, 7) is -0.273. The molecule has 4 N–H and O–H groups in total. The molecule has 1 fully saturated rings. The summed E-state index contributed by atoms with van der Waals surface area (Å²) in [5.74, 6) is -1.80. The maximum atomic E-state index is 13.8. The highest BCUT2D eigenvalue weighted by molar-refractivity contribution is 7.91. The van der Waals surface area contributed by atoms with E-state index < -0.39 is 44.8 Å². The van der Waals surface area contributed by atoms with E-state index in [1.165, 1.54) is 6.33 Å². The molecule has 0 aliphatic heterocycles. The molecule has 3 atom stereocenters. The molecule has 1 aromatic carbocycles. The van der Waals surface area contributed by atoms with Gasteiger partial charge in [-0.25, -0.2) is 27.2 Å². The predicted molar refractivity (Wildman–Crippen MR) is 110 cm³/mol. The van der Waals surface area contributed by atoms with E-state index in [1.54, 1.807) is 0 Å². The quantitative estimate of drug-likeness (QED) is 0.419. The highest BCUT2D eigenvalue weighted by atomic mass is 32.2. The number of nitrogens with one attached hydrogen (secondary N) is 3. The Balaban J connectivity index is 1.56. The number of aromatic nitrogens is 4. The number of anilines is 1. The standard InChI is InChI=1S/C19H20F2N6O4S/c1-32(30,31)11-5-13(14(28)6-11)25-17-15-16(26-27-18(15)24-8-23-17)19(29)22-7-9-4-10(20)2-3-12(9)21/h2-4,8,11,13-14,28H,5-7H2,1H3,(H,22,29)(H2,23,24,25,26,27)/t11-,13-,14-/m0/s1. The highest BCUT2D eigenvalue weighted by Gasteiger charge is 2.38. The summed E-state index contributed by atoms with van der Waals surface area (Å²) in [6.07, 6.45) is 1.67. The molecule has 4 rings (SSSR count). The van der Waals surface area contributed by atoms with Crippen LogP contribution in [-0.2, 0) is 16.4 Å². The van der Waals surface area contributed by atoms with Gasteiger partial charge in [0, 0.05) is 18.4 Å². The number of benzene rings is 1. The predicted octanol–water partition coefficient (Wildman–Crippen LogP) is 0.909. The van der Waals surface area contributed by atoms with E-state index in [1.807, 2.05) is 0 Å². The average Bonchev–Trinajstić information content (AvgIpc) is 3.33. The van der Waals surface area contributed by atoms with Gasteiger partial charge < -0.3 is 15.7 Å². The third-order valence-corrected chi connectivity index (χ3v) is 7.03. The fraction of sp³-hybridized carbons (Fsp3) is 0.368. The summed E-state index contributed by atoms with van der Waals surface area (Å²) < 4.78 is 50.9. The molecule has 13 heteroatoms. The van der Waals surface area contributed by atoms with Crippen LogP contribution in [-0.4, -0.2) is 63.2 Å². The molecule has 10 nitrogen and oxygen atoms in total. The van der Waals surface area contributed by atoms with Gasteiger partial charge in [0.05, 0.1) is 22.8 Å². The van der Waals surface area contributed by atoms with Crippen molar-refractivity contribution in [3.63, 3.8) is 0 Å². The summed E-state index contributed by atoms with van der Waals surface area (Å²) in [5.41, 5.74) is 0.109. The lowest BCUT2D eigenvalue weighted by Crippen LogP contribution is -2.29. The van der Waals surface area contributed by atoms with Gasteiger partial charge in [-0.15, -0.1) is 0 Å². The first-order valence-electron chi connectivity index (χ1n) is 9.68. The lowest BCUT2D eigenvalue weighted by atomic mass is 10.2. The molecule has 32 heavy (non-hydrogen) atoms. The lowest BCUT2D eigenvalue weighted by Gasteiger charge is -2.17. The number of aliphatic hydroxyl groups is 1. The van der Waals surface area contributed by atoms with Crippen molar-refractivity contribution in [3.8, 4) is 0 Å². The summed E-state index contributed by atoms with van der Waals surface area (Å²) in [4.78, 5) is 20.8. The molecule has 3 aromatic rings. The number of hydrogen-bond donors (Lipinski definition) is 4. The highest BCUT2D eigenvalue weighted by Crippen LogP contribution is 2.30. The smallest absolute Gasteiger partial charge is 0.272 e. The number of nitrogens with zero attached hydrogens (tertiary/aromatic N) is 3. The summed E-state index contributed by atoms with van der Waals surface area (Å²) >= 11 is 0. The van der Waals surface area contributed by atoms with E-state index in [0.29, 0.717) is 0 Å². The van der Waals surface area contributed by atoms with Gasteiger partial charge in [0.15, 0.2) is 11.3 Å². The number of amides is 1. The fourth-order valence-corrected chi connectivity index (χ4v) is 4.83. The SMILES string of the molecule is CS(=O)(=O)[C@H]1C[C@H](Nc2ncnc3[nH]nc(C(=O)NCc4cc(F)ccc4F)c23)[C@@H](O)C1. The number of carbonyl (C=O) groups excluding carboxylic acids is 1. The van der Waals surface area contributed by atoms with E-state index in [-0.39, 0.29) is 47.5 Å². The van der Waals surface area contributed by atoms with Gasteiger partial charge in [-0.1, -0.05) is 0 Å². The first kappa shape index (κ1) is 22.0. The number of rotatable bonds is 6. The molecule has 170 valence electrons. The molecule has 0 unspecified atom stereocenters. The Morgan fingerprint density at radius 2 is 2.06 bits per heavy atom. The van der Waals surface area contributed by atoms with Crippen LogP contribution >= 0.6 is 0 Å². The Labute approximate surface area is 181 Å². The van der Waals surface area contributed by atoms with Crippen molar-refractivity contribution in [2.24, 2.45) is 0 Å². The van der Waals surface area contributed by atoms with Gasteiger partial charge >= 0.3 is 0 Å². The van der Waals surface area contributed by atoms with E-state index in [2.05, 4.69) is 30.8 Å². The van der Waals surface area contributed by atoms with Crippen LogP contribution in [0.1, 0.15) is 28.9 Å². The summed E-state index contributed by atoms with van der Waals surface area (Å²) in [7, 11) is -3.33. The molecule has 0 spiro atoms. The largest absolute Gasteiger partial charge is 0.391 e. The number of carbonyl (C=O) groups is 1. The van der Waals surface area contributed by atoms with Gasteiger partial charge in [-0.2, -0.15) is 5.10 Å². The van der Waals surface area contributed by atoms with Crippen LogP contribution < -0.4 is 10.6 Å². The Hall–Kier alpha value is -3.19. The van der Waals surface area contributed by atoms with Crippen molar-refractivity contribution in [2.45, 2.75) is 36.8 Å². The minimum Gasteiger partial charge on any atom is -0.391 e. The molecular weight excluding hydrogens is 446 g/mol. The first-order valence-corrected chi connectivity index (χ1v) is 11.6. The Morgan fingerprint density at radius 3 is 2.78 bits per heavy atom. The van der Waals surface area contributed by atoms with Crippen molar-refractivity contribution in [1.29, 1.82) is 0 Å². The molecule has 1 saturated carbocycles. The Kier molecular flexibility index (Phi) is 5.77. The van der Waals surface area contributed by atoms with Crippen molar-refractivity contribution in [3.05, 3.63) is 47.4 Å². The first-order chi connectivity index (χ1) is 15.1. The molecule has 0 radical (unpaired) electrons. The number of hydrogen-bond acceptors (Lipinski definition) is 8. The van der Waals surface area contributed by atoms with Gasteiger partial charge in [0.25, 0.3) is 5.91 Å². The van der Waals surface area contributed by atoms with E-state index in [0.717, 1.165) is 24.5 Å². The van der Waals surface area contributed by atoms with Crippen molar-refractivity contribution >= 4 is 32.6 Å². The topological polar surface area (TPSA) is 150 Å². The zero-order valence-corrected chi connectivity index (χ0v) is 17.7. The van der Waals surface area contributed by atoms with E-state index in [9.17, 15) is 27.1 Å². The average molecular weight is 466 g/mol. The fourth-order valence-electron chi connectivity index (χ4n) is 3.72. The third-order valence-electron chi connectivity index (χ3n) is 5.43. The Morgan fingerprint density at radius 1 is 1.28 bits per heavy atom. The molecule has 2 heterocycles. The maximum absolute atomic E-state index is 13.8. The van der Waals surface area contributed by atoms with E-state index >= 15 is 0 Å². The van der Waals surface area contributed by atoms with Crippen LogP contribution in [0.25, 0.3) is 11.0 Å². The zero-order valence-electron chi connectivity index (χ0n) is 16.8. The monoisotopic (exact) mass is 466 g/mol. The van der Waals surface area contributed by atoms with E-state index in [4.69, 9.17) is 0 Å². The van der Waals surface area contributed by atoms with Crippen molar-refractivity contribution in [2.75, 3.05) is 11.6 Å². The zero-order chi connectivity index (χ0) is 23.0. The van der Waals surface area contributed by atoms with Crippen molar-refractivity contribution in [1.82, 2.24) is 25.5 Å². The molecule has 1 aliphatic rings. The van der Waals surface area contributed by atoms with Crippen LogP contribution in [0.15, 0.2) is 24.5 Å². The molecule has 0 bridgehead atoms. The number of aliphatic hydroxyl groups excluding tert-OH is 1. The molecule has 1 amide bonds. The van der Waals surface area contributed by atoms with Crippen LogP contribution in [0, 0.1) is 11.6 Å². The molecule has 1 aliphatic carbocycles. The molecule has 0 saturated heterocycles. The number of aromatic amines is 1. The second-order valence-electron chi connectivity index (χ2n) is 7.68. The molecular formula is C19H20F2N6O4S. The van der Waals surface area contributed by atoms with Crippen molar-refractivity contribution < 1.29 is 27.1 Å². The van der Waals surface area contributed by atoms with Crippen LogP contribution in [0.4, 0.5) is 14.6 Å². The van der Waals surface area contributed by atoms with Gasteiger partial charge in [0.2, 0.25) is 0 Å². The lowest BCUT2D eigenvalue weighted by molar-refractivity contribution is 0.0947. The maximum Gasteiger partial charge on any atom is 0.272 e. The van der Waals surface area contributed by atoms with Gasteiger partial charge in [-0.3, -0.25) is 9.89 Å². The number of H-pyrrole nitrogens is 1. The van der Waals surface area contributed by atoms with Crippen LogP contribution in [0.5, 0.6) is 0 Å². The normalized spacial score (nSPS) is 21.1. The van der Waals surface area contributed by atoms with Crippen LogP contribution in [0.3, 0.4) is 0 Å². The summed E-state index contributed by atoms with van der Waals surface area (Å²) in [5, 5.41) is 21.9.